The number of hydrogen-bond donors (Lipinski definition) is 1. The Hall–Kier alpha value is -1.37. The molecule has 0 radical (unpaired) electrons. The lowest BCUT2D eigenvalue weighted by molar-refractivity contribution is 0.0302. The fraction of sp³-hybridized carbons (Fsp3) is 0.571. The van der Waals surface area contributed by atoms with Gasteiger partial charge in [-0.05, 0) is 12.5 Å². The van der Waals surface area contributed by atoms with E-state index in [2.05, 4.69) is 4.98 Å². The summed E-state index contributed by atoms with van der Waals surface area (Å²) in [5, 5.41) is 10.0. The number of carbonyl (C=O) groups excluding carboxylic acids is 1. The van der Waals surface area contributed by atoms with Crippen LogP contribution < -0.4 is 4.90 Å². The highest BCUT2D eigenvalue weighted by Gasteiger charge is 2.25. The van der Waals surface area contributed by atoms with Crippen molar-refractivity contribution in [2.45, 2.75) is 12.5 Å². The maximum absolute atomic E-state index is 12.4. The van der Waals surface area contributed by atoms with E-state index in [4.69, 9.17) is 16.3 Å². The van der Waals surface area contributed by atoms with E-state index < -0.39 is 0 Å². The predicted molar refractivity (Wildman–Crippen MR) is 78.8 cm³/mol. The highest BCUT2D eigenvalue weighted by molar-refractivity contribution is 6.33. The van der Waals surface area contributed by atoms with Gasteiger partial charge in [0.1, 0.15) is 5.82 Å². The first-order valence-corrected chi connectivity index (χ1v) is 7.48. The molecule has 0 aliphatic carbocycles. The van der Waals surface area contributed by atoms with Crippen LogP contribution in [0.2, 0.25) is 5.02 Å². The molecule has 2 aliphatic rings. The Labute approximate surface area is 128 Å². The number of morpholine rings is 1. The van der Waals surface area contributed by atoms with Crippen LogP contribution in [0, 0.1) is 0 Å². The maximum Gasteiger partial charge on any atom is 0.255 e. The van der Waals surface area contributed by atoms with Crippen molar-refractivity contribution in [1.82, 2.24) is 9.88 Å². The SMILES string of the molecule is O=C(c1cnc(N2CC[C@H](O)C2)c(Cl)c1)N1CCOCC1. The van der Waals surface area contributed by atoms with Gasteiger partial charge in [-0.3, -0.25) is 4.79 Å². The Morgan fingerprint density at radius 3 is 2.76 bits per heavy atom. The Balaban J connectivity index is 1.75. The van der Waals surface area contributed by atoms with Crippen LogP contribution in [0.25, 0.3) is 0 Å². The molecule has 1 atom stereocenters. The van der Waals surface area contributed by atoms with Crippen molar-refractivity contribution in [3.63, 3.8) is 0 Å². The lowest BCUT2D eigenvalue weighted by Gasteiger charge is -2.27. The third-order valence-corrected chi connectivity index (χ3v) is 4.11. The fourth-order valence-electron chi connectivity index (χ4n) is 2.66. The topological polar surface area (TPSA) is 65.9 Å². The molecule has 21 heavy (non-hydrogen) atoms. The summed E-state index contributed by atoms with van der Waals surface area (Å²) >= 11 is 6.26. The summed E-state index contributed by atoms with van der Waals surface area (Å²) in [6, 6.07) is 1.66. The van der Waals surface area contributed by atoms with Crippen LogP contribution in [0.5, 0.6) is 0 Å². The lowest BCUT2D eigenvalue weighted by atomic mass is 10.2. The summed E-state index contributed by atoms with van der Waals surface area (Å²) in [6.45, 7) is 3.58. The van der Waals surface area contributed by atoms with Gasteiger partial charge in [-0.15, -0.1) is 0 Å². The number of ether oxygens (including phenoxy) is 1. The number of nitrogens with zero attached hydrogens (tertiary/aromatic N) is 3. The minimum Gasteiger partial charge on any atom is -0.391 e. The van der Waals surface area contributed by atoms with Gasteiger partial charge in [0.15, 0.2) is 0 Å². The molecule has 1 amide bonds. The molecule has 0 aromatic carbocycles. The summed E-state index contributed by atoms with van der Waals surface area (Å²) in [4.78, 5) is 20.4. The zero-order valence-corrected chi connectivity index (χ0v) is 12.4. The number of halogens is 1. The summed E-state index contributed by atoms with van der Waals surface area (Å²) in [5.41, 5.74) is 0.491. The van der Waals surface area contributed by atoms with E-state index in [1.54, 1.807) is 17.2 Å². The fourth-order valence-corrected chi connectivity index (χ4v) is 2.95. The van der Waals surface area contributed by atoms with E-state index in [1.807, 2.05) is 4.90 Å². The van der Waals surface area contributed by atoms with Gasteiger partial charge in [-0.2, -0.15) is 0 Å². The minimum absolute atomic E-state index is 0.0688. The average molecular weight is 312 g/mol. The van der Waals surface area contributed by atoms with E-state index in [9.17, 15) is 9.90 Å². The number of aliphatic hydroxyl groups excluding tert-OH is 1. The van der Waals surface area contributed by atoms with Gasteiger partial charge in [0.2, 0.25) is 0 Å². The molecular formula is C14H18ClN3O3. The van der Waals surface area contributed by atoms with E-state index >= 15 is 0 Å². The normalized spacial score (nSPS) is 22.7. The highest BCUT2D eigenvalue weighted by atomic mass is 35.5. The summed E-state index contributed by atoms with van der Waals surface area (Å²) in [5.74, 6) is 0.562. The number of anilines is 1. The average Bonchev–Trinajstić information content (AvgIpc) is 2.93. The van der Waals surface area contributed by atoms with Crippen molar-refractivity contribution in [2.24, 2.45) is 0 Å². The number of aliphatic hydroxyl groups is 1. The molecular weight excluding hydrogens is 294 g/mol. The maximum atomic E-state index is 12.4. The molecule has 2 saturated heterocycles. The molecule has 1 aromatic heterocycles. The van der Waals surface area contributed by atoms with Crippen molar-refractivity contribution in [3.8, 4) is 0 Å². The van der Waals surface area contributed by atoms with Crippen LogP contribution >= 0.6 is 11.6 Å². The van der Waals surface area contributed by atoms with Crippen LogP contribution in [-0.2, 0) is 4.74 Å². The standard InChI is InChI=1S/C14H18ClN3O3/c15-12-7-10(14(20)17-3-5-21-6-4-17)8-16-13(12)18-2-1-11(19)9-18/h7-8,11,19H,1-6,9H2/t11-/m0/s1. The first-order valence-electron chi connectivity index (χ1n) is 7.11. The number of amides is 1. The second-order valence-corrected chi connectivity index (χ2v) is 5.73. The second-order valence-electron chi connectivity index (χ2n) is 5.32. The summed E-state index contributed by atoms with van der Waals surface area (Å²) in [6.07, 6.45) is 1.94. The minimum atomic E-state index is -0.336. The Morgan fingerprint density at radius 1 is 1.38 bits per heavy atom. The van der Waals surface area contributed by atoms with E-state index in [0.29, 0.717) is 55.7 Å². The third-order valence-electron chi connectivity index (χ3n) is 3.83. The second kappa shape index (κ2) is 6.17. The van der Waals surface area contributed by atoms with Crippen molar-refractivity contribution >= 4 is 23.3 Å². The van der Waals surface area contributed by atoms with Gasteiger partial charge in [-0.1, -0.05) is 11.6 Å². The number of β-amino-alcohol motifs (C(OH)–C–C–N with tert-alkyl or cyclic N) is 1. The van der Waals surface area contributed by atoms with Gasteiger partial charge in [0, 0.05) is 32.4 Å². The molecule has 0 unspecified atom stereocenters. The quantitative estimate of drug-likeness (QED) is 0.874. The van der Waals surface area contributed by atoms with Crippen molar-refractivity contribution in [2.75, 3.05) is 44.3 Å². The Kier molecular flexibility index (Phi) is 4.28. The summed E-state index contributed by atoms with van der Waals surface area (Å²) < 4.78 is 5.24. The number of hydrogen-bond acceptors (Lipinski definition) is 5. The largest absolute Gasteiger partial charge is 0.391 e. The van der Waals surface area contributed by atoms with E-state index in [1.165, 1.54) is 0 Å². The number of carbonyl (C=O) groups is 1. The molecule has 0 saturated carbocycles. The molecule has 0 spiro atoms. The molecule has 3 heterocycles. The smallest absolute Gasteiger partial charge is 0.255 e. The molecule has 2 aliphatic heterocycles. The van der Waals surface area contributed by atoms with Gasteiger partial charge in [-0.25, -0.2) is 4.98 Å². The Bertz CT molecular complexity index is 534. The molecule has 7 heteroatoms. The predicted octanol–water partition coefficient (Wildman–Crippen LogP) is 0.778. The number of pyridine rings is 1. The molecule has 0 bridgehead atoms. The Morgan fingerprint density at radius 2 is 2.14 bits per heavy atom. The van der Waals surface area contributed by atoms with Gasteiger partial charge in [0.25, 0.3) is 5.91 Å². The molecule has 114 valence electrons. The zero-order valence-electron chi connectivity index (χ0n) is 11.7. The lowest BCUT2D eigenvalue weighted by Crippen LogP contribution is -2.40. The van der Waals surface area contributed by atoms with Crippen molar-refractivity contribution in [3.05, 3.63) is 22.8 Å². The molecule has 6 nitrogen and oxygen atoms in total. The molecule has 1 aromatic rings. The van der Waals surface area contributed by atoms with Crippen LogP contribution in [0.15, 0.2) is 12.3 Å². The van der Waals surface area contributed by atoms with Crippen LogP contribution in [-0.4, -0.2) is 66.4 Å². The van der Waals surface area contributed by atoms with Gasteiger partial charge >= 0.3 is 0 Å². The molecule has 3 rings (SSSR count). The summed E-state index contributed by atoms with van der Waals surface area (Å²) in [7, 11) is 0. The zero-order chi connectivity index (χ0) is 14.8. The monoisotopic (exact) mass is 311 g/mol. The molecule has 1 N–H and O–H groups in total. The van der Waals surface area contributed by atoms with E-state index in [-0.39, 0.29) is 12.0 Å². The number of rotatable bonds is 2. The van der Waals surface area contributed by atoms with E-state index in [0.717, 1.165) is 6.54 Å². The first kappa shape index (κ1) is 14.6. The van der Waals surface area contributed by atoms with Gasteiger partial charge in [0.05, 0.1) is 29.9 Å². The third kappa shape index (κ3) is 3.12. The van der Waals surface area contributed by atoms with Crippen LogP contribution in [0.3, 0.4) is 0 Å². The number of aromatic nitrogens is 1. The van der Waals surface area contributed by atoms with Gasteiger partial charge < -0.3 is 19.6 Å². The van der Waals surface area contributed by atoms with Crippen LogP contribution in [0.1, 0.15) is 16.8 Å². The van der Waals surface area contributed by atoms with Crippen molar-refractivity contribution < 1.29 is 14.6 Å². The highest BCUT2D eigenvalue weighted by Crippen LogP contribution is 2.27. The van der Waals surface area contributed by atoms with Crippen molar-refractivity contribution in [1.29, 1.82) is 0 Å². The van der Waals surface area contributed by atoms with Crippen LogP contribution in [0.4, 0.5) is 5.82 Å². The first-order chi connectivity index (χ1) is 10.1. The molecule has 2 fully saturated rings.